The first-order valence-electron chi connectivity index (χ1n) is 8.69. The lowest BCUT2D eigenvalue weighted by molar-refractivity contribution is -0.141. The van der Waals surface area contributed by atoms with Gasteiger partial charge in [0.2, 0.25) is 17.7 Å². The molecule has 0 spiro atoms. The Balaban J connectivity index is 4.92. The van der Waals surface area contributed by atoms with E-state index in [2.05, 4.69) is 33.6 Å². The van der Waals surface area contributed by atoms with Crippen LogP contribution in [0, 0.1) is 0 Å². The van der Waals surface area contributed by atoms with E-state index in [0.717, 1.165) is 0 Å². The summed E-state index contributed by atoms with van der Waals surface area (Å²) in [5.74, 6) is -3.76. The Morgan fingerprint density at radius 2 is 1.72 bits per heavy atom. The van der Waals surface area contributed by atoms with Crippen LogP contribution in [0.25, 0.3) is 0 Å². The summed E-state index contributed by atoms with van der Waals surface area (Å²) in [4.78, 5) is 50.9. The van der Waals surface area contributed by atoms with Crippen molar-refractivity contribution in [2.24, 2.45) is 22.2 Å². The highest BCUT2D eigenvalue weighted by Gasteiger charge is 2.26. The normalized spacial score (nSPS) is 14.6. The number of carboxylic acids is 1. The van der Waals surface area contributed by atoms with Gasteiger partial charge in [-0.2, -0.15) is 12.6 Å². The van der Waals surface area contributed by atoms with Crippen molar-refractivity contribution in [3.05, 3.63) is 0 Å². The number of aliphatic hydroxyl groups is 1. The SMILES string of the molecule is CC(O)C(N)C(=O)NCC(=O)NC(CCCN=C(N)N)C(=O)NC(CS)C(=O)O. The van der Waals surface area contributed by atoms with Crippen molar-refractivity contribution in [1.29, 1.82) is 0 Å². The number of nitrogens with two attached hydrogens (primary N) is 3. The Morgan fingerprint density at radius 1 is 1.10 bits per heavy atom. The highest BCUT2D eigenvalue weighted by Crippen LogP contribution is 2.01. The van der Waals surface area contributed by atoms with E-state index >= 15 is 0 Å². The number of aliphatic carboxylic acids is 1. The number of rotatable bonds is 13. The van der Waals surface area contributed by atoms with Gasteiger partial charge < -0.3 is 43.4 Å². The van der Waals surface area contributed by atoms with Crippen molar-refractivity contribution >= 4 is 42.3 Å². The minimum absolute atomic E-state index is 0.106. The summed E-state index contributed by atoms with van der Waals surface area (Å²) in [6, 6.07) is -3.55. The van der Waals surface area contributed by atoms with Gasteiger partial charge in [-0.25, -0.2) is 4.79 Å². The average molecular weight is 436 g/mol. The molecule has 0 fully saturated rings. The third kappa shape index (κ3) is 11.1. The highest BCUT2D eigenvalue weighted by atomic mass is 32.1. The van der Waals surface area contributed by atoms with Gasteiger partial charge in [-0.15, -0.1) is 0 Å². The first-order valence-corrected chi connectivity index (χ1v) is 9.33. The Labute approximate surface area is 173 Å². The molecule has 11 N–H and O–H groups in total. The van der Waals surface area contributed by atoms with E-state index < -0.39 is 54.5 Å². The minimum Gasteiger partial charge on any atom is -0.480 e. The van der Waals surface area contributed by atoms with Crippen LogP contribution in [-0.2, 0) is 19.2 Å². The zero-order valence-electron chi connectivity index (χ0n) is 16.0. The summed E-state index contributed by atoms with van der Waals surface area (Å²) in [6.45, 7) is 1.02. The second-order valence-corrected chi connectivity index (χ2v) is 6.50. The minimum atomic E-state index is -1.28. The number of nitrogens with one attached hydrogen (secondary N) is 3. The molecule has 29 heavy (non-hydrogen) atoms. The fourth-order valence-electron chi connectivity index (χ4n) is 1.98. The van der Waals surface area contributed by atoms with Gasteiger partial charge >= 0.3 is 5.97 Å². The Kier molecular flexibility index (Phi) is 12.4. The molecule has 0 rings (SSSR count). The van der Waals surface area contributed by atoms with Crippen molar-refractivity contribution in [2.45, 2.75) is 44.0 Å². The van der Waals surface area contributed by atoms with E-state index in [0.29, 0.717) is 6.42 Å². The molecule has 3 amide bonds. The van der Waals surface area contributed by atoms with Gasteiger partial charge in [0.25, 0.3) is 0 Å². The summed E-state index contributed by atoms with van der Waals surface area (Å²) in [6.07, 6.45) is -0.691. The molecule has 0 radical (unpaired) electrons. The Morgan fingerprint density at radius 3 is 2.21 bits per heavy atom. The van der Waals surface area contributed by atoms with E-state index in [-0.39, 0.29) is 24.7 Å². The second-order valence-electron chi connectivity index (χ2n) is 6.14. The first-order chi connectivity index (χ1) is 13.5. The van der Waals surface area contributed by atoms with Gasteiger partial charge in [0, 0.05) is 12.3 Å². The van der Waals surface area contributed by atoms with Crippen LogP contribution >= 0.6 is 12.6 Å². The summed E-state index contributed by atoms with van der Waals surface area (Å²) in [7, 11) is 0. The fraction of sp³-hybridized carbons (Fsp3) is 0.667. The van der Waals surface area contributed by atoms with Crippen molar-refractivity contribution in [3.63, 3.8) is 0 Å². The van der Waals surface area contributed by atoms with Crippen LogP contribution in [0.5, 0.6) is 0 Å². The van der Waals surface area contributed by atoms with Crippen LogP contribution in [0.4, 0.5) is 0 Å². The molecule has 14 heteroatoms. The molecular formula is C15H29N7O6S. The third-order valence-corrected chi connectivity index (χ3v) is 4.00. The predicted molar refractivity (Wildman–Crippen MR) is 108 cm³/mol. The number of thiol groups is 1. The number of aliphatic hydroxyl groups excluding tert-OH is 1. The molecule has 0 bridgehead atoms. The molecule has 166 valence electrons. The number of carbonyl (C=O) groups is 4. The van der Waals surface area contributed by atoms with Crippen molar-refractivity contribution in [3.8, 4) is 0 Å². The van der Waals surface area contributed by atoms with Crippen LogP contribution in [0.1, 0.15) is 19.8 Å². The van der Waals surface area contributed by atoms with Crippen LogP contribution < -0.4 is 33.2 Å². The van der Waals surface area contributed by atoms with Crippen molar-refractivity contribution in [2.75, 3.05) is 18.8 Å². The monoisotopic (exact) mass is 435 g/mol. The topological polar surface area (TPSA) is 235 Å². The molecule has 0 aliphatic rings. The van der Waals surface area contributed by atoms with Crippen LogP contribution in [0.2, 0.25) is 0 Å². The molecule has 0 aromatic heterocycles. The average Bonchev–Trinajstić information content (AvgIpc) is 2.64. The van der Waals surface area contributed by atoms with E-state index in [1.54, 1.807) is 0 Å². The Bertz CT molecular complexity index is 612. The fourth-order valence-corrected chi connectivity index (χ4v) is 2.23. The molecule has 0 aromatic rings. The maximum absolute atomic E-state index is 12.4. The van der Waals surface area contributed by atoms with Gasteiger partial charge in [0.15, 0.2) is 5.96 Å². The quantitative estimate of drug-likeness (QED) is 0.0590. The lowest BCUT2D eigenvalue weighted by Crippen LogP contribution is -2.54. The van der Waals surface area contributed by atoms with E-state index in [1.165, 1.54) is 6.92 Å². The Hall–Kier alpha value is -2.58. The van der Waals surface area contributed by atoms with Gasteiger partial charge in [0.05, 0.1) is 12.6 Å². The molecule has 0 aromatic carbocycles. The zero-order valence-corrected chi connectivity index (χ0v) is 16.9. The smallest absolute Gasteiger partial charge is 0.327 e. The van der Waals surface area contributed by atoms with Gasteiger partial charge in [-0.3, -0.25) is 19.4 Å². The van der Waals surface area contributed by atoms with E-state index in [9.17, 15) is 24.3 Å². The van der Waals surface area contributed by atoms with Gasteiger partial charge in [-0.05, 0) is 19.8 Å². The zero-order chi connectivity index (χ0) is 22.6. The molecular weight excluding hydrogens is 406 g/mol. The second kappa shape index (κ2) is 13.6. The summed E-state index contributed by atoms with van der Waals surface area (Å²) >= 11 is 3.86. The number of guanidine groups is 1. The largest absolute Gasteiger partial charge is 0.480 e. The molecule has 4 atom stereocenters. The number of hydrogen-bond acceptors (Lipinski definition) is 8. The number of carboxylic acid groups (broad SMARTS) is 1. The maximum atomic E-state index is 12.4. The predicted octanol–water partition coefficient (Wildman–Crippen LogP) is -4.15. The third-order valence-electron chi connectivity index (χ3n) is 3.64. The maximum Gasteiger partial charge on any atom is 0.327 e. The molecule has 0 heterocycles. The van der Waals surface area contributed by atoms with Crippen LogP contribution in [0.3, 0.4) is 0 Å². The summed E-state index contributed by atoms with van der Waals surface area (Å²) < 4.78 is 0. The lowest BCUT2D eigenvalue weighted by atomic mass is 10.1. The summed E-state index contributed by atoms with van der Waals surface area (Å²) in [5.41, 5.74) is 15.9. The van der Waals surface area contributed by atoms with Crippen LogP contribution in [0.15, 0.2) is 4.99 Å². The van der Waals surface area contributed by atoms with Gasteiger partial charge in [0.1, 0.15) is 18.1 Å². The number of amides is 3. The number of aliphatic imine (C=N–C) groups is 1. The molecule has 13 nitrogen and oxygen atoms in total. The van der Waals surface area contributed by atoms with Crippen molar-refractivity contribution < 1.29 is 29.4 Å². The lowest BCUT2D eigenvalue weighted by Gasteiger charge is -2.21. The molecule has 0 saturated heterocycles. The van der Waals surface area contributed by atoms with Crippen LogP contribution in [-0.4, -0.2) is 82.9 Å². The number of nitrogens with zero attached hydrogens (tertiary/aromatic N) is 1. The standard InChI is InChI=1S/C15H29N7O6S/c1-7(23)11(16)13(26)20-5-10(24)21-8(3-2-4-19-15(17)18)12(25)22-9(6-29)14(27)28/h7-9,11,23,29H,2-6,16H2,1H3,(H,20,26)(H,21,24)(H,22,25)(H,27,28)(H4,17,18,19). The first kappa shape index (κ1) is 26.4. The van der Waals surface area contributed by atoms with E-state index in [4.69, 9.17) is 22.3 Å². The number of hydrogen-bond donors (Lipinski definition) is 9. The van der Waals surface area contributed by atoms with E-state index in [1.807, 2.05) is 0 Å². The molecule has 0 saturated carbocycles. The number of carbonyl (C=O) groups excluding carboxylic acids is 3. The molecule has 0 aliphatic carbocycles. The summed E-state index contributed by atoms with van der Waals surface area (Å²) in [5, 5.41) is 25.2. The highest BCUT2D eigenvalue weighted by molar-refractivity contribution is 7.80. The molecule has 0 aliphatic heterocycles. The van der Waals surface area contributed by atoms with Gasteiger partial charge in [-0.1, -0.05) is 0 Å². The van der Waals surface area contributed by atoms with Crippen molar-refractivity contribution in [1.82, 2.24) is 16.0 Å². The molecule has 4 unspecified atom stereocenters.